The normalized spacial score (nSPS) is 21.1. The van der Waals surface area contributed by atoms with Gasteiger partial charge in [-0.15, -0.1) is 0 Å². The van der Waals surface area contributed by atoms with E-state index in [2.05, 4.69) is 5.43 Å². The molecule has 1 aromatic carbocycles. The molecular weight excluding hydrogens is 180 g/mol. The molecule has 1 atom stereocenters. The predicted molar refractivity (Wildman–Crippen MR) is 52.8 cm³/mol. The van der Waals surface area contributed by atoms with Crippen LogP contribution >= 0.6 is 0 Å². The van der Waals surface area contributed by atoms with Gasteiger partial charge in [0, 0.05) is 6.07 Å². The minimum Gasteiger partial charge on any atom is -0.508 e. The fourth-order valence-corrected chi connectivity index (χ4v) is 1.61. The number of rotatable bonds is 1. The van der Waals surface area contributed by atoms with Gasteiger partial charge in [-0.3, -0.25) is 15.2 Å². The summed E-state index contributed by atoms with van der Waals surface area (Å²) in [5.74, 6) is 0.219. The van der Waals surface area contributed by atoms with E-state index in [0.717, 1.165) is 5.69 Å². The molecule has 4 heteroatoms. The van der Waals surface area contributed by atoms with Gasteiger partial charge in [0.25, 0.3) is 0 Å². The number of carbonyl (C=O) groups is 1. The number of carbonyl (C=O) groups excluding carboxylic acids is 1. The van der Waals surface area contributed by atoms with Crippen molar-refractivity contribution in [2.45, 2.75) is 19.4 Å². The minimum absolute atomic E-state index is 0.0147. The van der Waals surface area contributed by atoms with Crippen LogP contribution in [0.2, 0.25) is 0 Å². The van der Waals surface area contributed by atoms with Crippen molar-refractivity contribution in [2.75, 3.05) is 5.01 Å². The minimum atomic E-state index is 0.0147. The number of nitrogens with zero attached hydrogens (tertiary/aromatic N) is 1. The Morgan fingerprint density at radius 1 is 1.57 bits per heavy atom. The molecule has 1 aromatic rings. The van der Waals surface area contributed by atoms with E-state index in [1.807, 2.05) is 13.0 Å². The molecule has 1 aliphatic heterocycles. The summed E-state index contributed by atoms with van der Waals surface area (Å²) in [6, 6.07) is 6.96. The SMILES string of the molecule is CC1CC(=O)NN1c1cccc(O)c1. The number of hydrogen-bond donors (Lipinski definition) is 2. The van der Waals surface area contributed by atoms with E-state index >= 15 is 0 Å². The molecule has 2 N–H and O–H groups in total. The molecule has 0 aromatic heterocycles. The van der Waals surface area contributed by atoms with E-state index in [4.69, 9.17) is 0 Å². The number of hydrogen-bond acceptors (Lipinski definition) is 3. The average molecular weight is 192 g/mol. The number of phenols is 1. The zero-order valence-electron chi connectivity index (χ0n) is 7.90. The Morgan fingerprint density at radius 3 is 2.93 bits per heavy atom. The Kier molecular flexibility index (Phi) is 2.04. The highest BCUT2D eigenvalue weighted by Crippen LogP contribution is 2.23. The summed E-state index contributed by atoms with van der Waals surface area (Å²) in [5, 5.41) is 11.1. The number of amides is 1. The molecule has 1 unspecified atom stereocenters. The van der Waals surface area contributed by atoms with Crippen LogP contribution in [-0.4, -0.2) is 17.1 Å². The Morgan fingerprint density at radius 2 is 2.36 bits per heavy atom. The Bertz CT molecular complexity index is 365. The molecule has 0 spiro atoms. The van der Waals surface area contributed by atoms with Gasteiger partial charge in [-0.25, -0.2) is 0 Å². The summed E-state index contributed by atoms with van der Waals surface area (Å²) in [4.78, 5) is 11.1. The third-order valence-corrected chi connectivity index (χ3v) is 2.27. The molecule has 2 rings (SSSR count). The van der Waals surface area contributed by atoms with Crippen LogP contribution in [-0.2, 0) is 4.79 Å². The summed E-state index contributed by atoms with van der Waals surface area (Å²) < 4.78 is 0. The van der Waals surface area contributed by atoms with E-state index in [0.29, 0.717) is 6.42 Å². The fourth-order valence-electron chi connectivity index (χ4n) is 1.61. The topological polar surface area (TPSA) is 52.6 Å². The first-order chi connectivity index (χ1) is 6.66. The Labute approximate surface area is 82.1 Å². The van der Waals surface area contributed by atoms with Crippen molar-refractivity contribution in [1.82, 2.24) is 5.43 Å². The van der Waals surface area contributed by atoms with Crippen molar-refractivity contribution in [3.05, 3.63) is 24.3 Å². The lowest BCUT2D eigenvalue weighted by molar-refractivity contribution is -0.119. The lowest BCUT2D eigenvalue weighted by Crippen LogP contribution is -2.36. The molecule has 4 nitrogen and oxygen atoms in total. The highest BCUT2D eigenvalue weighted by molar-refractivity contribution is 5.82. The fraction of sp³-hybridized carbons (Fsp3) is 0.300. The summed E-state index contributed by atoms with van der Waals surface area (Å²) in [5.41, 5.74) is 3.54. The third-order valence-electron chi connectivity index (χ3n) is 2.27. The van der Waals surface area contributed by atoms with Crippen LogP contribution in [0.15, 0.2) is 24.3 Å². The second-order valence-corrected chi connectivity index (χ2v) is 3.48. The lowest BCUT2D eigenvalue weighted by Gasteiger charge is -2.22. The average Bonchev–Trinajstić information content (AvgIpc) is 2.45. The van der Waals surface area contributed by atoms with Gasteiger partial charge in [-0.2, -0.15) is 0 Å². The van der Waals surface area contributed by atoms with E-state index in [1.165, 1.54) is 0 Å². The van der Waals surface area contributed by atoms with Crippen molar-refractivity contribution in [1.29, 1.82) is 0 Å². The second-order valence-electron chi connectivity index (χ2n) is 3.48. The molecule has 1 saturated heterocycles. The van der Waals surface area contributed by atoms with E-state index < -0.39 is 0 Å². The van der Waals surface area contributed by atoms with Gasteiger partial charge in [0.15, 0.2) is 0 Å². The summed E-state index contributed by atoms with van der Waals surface area (Å²) in [7, 11) is 0. The van der Waals surface area contributed by atoms with Crippen molar-refractivity contribution >= 4 is 11.6 Å². The van der Waals surface area contributed by atoms with Gasteiger partial charge in [-0.1, -0.05) is 6.07 Å². The molecule has 14 heavy (non-hydrogen) atoms. The first-order valence-electron chi connectivity index (χ1n) is 4.54. The van der Waals surface area contributed by atoms with Crippen molar-refractivity contribution in [2.24, 2.45) is 0 Å². The van der Waals surface area contributed by atoms with Gasteiger partial charge in [0.1, 0.15) is 5.75 Å². The van der Waals surface area contributed by atoms with Crippen LogP contribution in [0.4, 0.5) is 5.69 Å². The van der Waals surface area contributed by atoms with Crippen molar-refractivity contribution in [3.8, 4) is 5.75 Å². The van der Waals surface area contributed by atoms with Gasteiger partial charge in [0.2, 0.25) is 5.91 Å². The Hall–Kier alpha value is -1.71. The zero-order chi connectivity index (χ0) is 10.1. The smallest absolute Gasteiger partial charge is 0.240 e. The van der Waals surface area contributed by atoms with Gasteiger partial charge >= 0.3 is 0 Å². The maximum Gasteiger partial charge on any atom is 0.240 e. The number of hydrazine groups is 1. The molecule has 0 bridgehead atoms. The van der Waals surface area contributed by atoms with E-state index in [1.54, 1.807) is 23.2 Å². The number of aromatic hydroxyl groups is 1. The number of benzene rings is 1. The first kappa shape index (κ1) is 8.87. The molecule has 0 radical (unpaired) electrons. The second kappa shape index (κ2) is 3.21. The van der Waals surface area contributed by atoms with Crippen LogP contribution in [0.1, 0.15) is 13.3 Å². The predicted octanol–water partition coefficient (Wildman–Crippen LogP) is 1.02. The number of nitrogens with one attached hydrogen (secondary N) is 1. The standard InChI is InChI=1S/C10H12N2O2/c1-7-5-10(14)11-12(7)8-3-2-4-9(13)6-8/h2-4,6-7,13H,5H2,1H3,(H,11,14). The van der Waals surface area contributed by atoms with Crippen LogP contribution in [0.3, 0.4) is 0 Å². The van der Waals surface area contributed by atoms with Crippen molar-refractivity contribution in [3.63, 3.8) is 0 Å². The number of phenolic OH excluding ortho intramolecular Hbond substituents is 1. The maximum atomic E-state index is 11.1. The van der Waals surface area contributed by atoms with Crippen molar-refractivity contribution < 1.29 is 9.90 Å². The number of anilines is 1. The summed E-state index contributed by atoms with van der Waals surface area (Å²) in [6.45, 7) is 1.96. The molecule has 1 amide bonds. The van der Waals surface area contributed by atoms with Gasteiger partial charge in [-0.05, 0) is 19.1 Å². The van der Waals surface area contributed by atoms with Gasteiger partial charge < -0.3 is 5.11 Å². The van der Waals surface area contributed by atoms with E-state index in [-0.39, 0.29) is 17.7 Å². The van der Waals surface area contributed by atoms with Crippen LogP contribution in [0.25, 0.3) is 0 Å². The van der Waals surface area contributed by atoms with Crippen LogP contribution < -0.4 is 10.4 Å². The molecule has 1 fully saturated rings. The van der Waals surface area contributed by atoms with E-state index in [9.17, 15) is 9.90 Å². The third kappa shape index (κ3) is 1.51. The molecule has 1 heterocycles. The molecule has 0 saturated carbocycles. The largest absolute Gasteiger partial charge is 0.508 e. The van der Waals surface area contributed by atoms with Crippen LogP contribution in [0.5, 0.6) is 5.75 Å². The highest BCUT2D eigenvalue weighted by atomic mass is 16.3. The molecule has 0 aliphatic carbocycles. The quantitative estimate of drug-likeness (QED) is 0.698. The molecule has 1 aliphatic rings. The van der Waals surface area contributed by atoms with Crippen LogP contribution in [0, 0.1) is 0 Å². The maximum absolute atomic E-state index is 11.1. The monoisotopic (exact) mass is 192 g/mol. The molecule has 74 valence electrons. The molecular formula is C10H12N2O2. The summed E-state index contributed by atoms with van der Waals surface area (Å²) in [6.07, 6.45) is 0.496. The summed E-state index contributed by atoms with van der Waals surface area (Å²) >= 11 is 0. The lowest BCUT2D eigenvalue weighted by atomic mass is 10.2. The highest BCUT2D eigenvalue weighted by Gasteiger charge is 2.26. The van der Waals surface area contributed by atoms with Gasteiger partial charge in [0.05, 0.1) is 18.2 Å². The first-order valence-corrected chi connectivity index (χ1v) is 4.54. The Balaban J connectivity index is 2.27. The zero-order valence-corrected chi connectivity index (χ0v) is 7.90.